The van der Waals surface area contributed by atoms with Gasteiger partial charge in [0.15, 0.2) is 0 Å². The molecule has 6 heteroatoms. The Morgan fingerprint density at radius 1 is 0.933 bits per heavy atom. The molecule has 0 radical (unpaired) electrons. The van der Waals surface area contributed by atoms with Crippen LogP contribution in [0, 0.1) is 12.7 Å². The number of rotatable bonds is 6. The van der Waals surface area contributed by atoms with Gasteiger partial charge in [0.25, 0.3) is 0 Å². The highest BCUT2D eigenvalue weighted by Crippen LogP contribution is 2.38. The van der Waals surface area contributed by atoms with Crippen molar-refractivity contribution in [2.24, 2.45) is 0 Å². The summed E-state index contributed by atoms with van der Waals surface area (Å²) in [5, 5.41) is 0. The molecule has 0 atom stereocenters. The fraction of sp³-hybridized carbons (Fsp3) is 0.250. The summed E-state index contributed by atoms with van der Waals surface area (Å²) in [5.41, 5.74) is 2.78. The second kappa shape index (κ2) is 9.39. The Labute approximate surface area is 175 Å². The first-order chi connectivity index (χ1) is 14.4. The third-order valence-corrected chi connectivity index (χ3v) is 4.71. The largest absolute Gasteiger partial charge is 0.463 e. The van der Waals surface area contributed by atoms with Crippen molar-refractivity contribution in [2.45, 2.75) is 26.7 Å². The Morgan fingerprint density at radius 2 is 1.50 bits per heavy atom. The quantitative estimate of drug-likeness (QED) is 0.651. The summed E-state index contributed by atoms with van der Waals surface area (Å²) in [6.45, 7) is 5.74. The maximum Gasteiger partial charge on any atom is 0.336 e. The third-order valence-electron chi connectivity index (χ3n) is 4.71. The molecular formula is C24H24FNO4. The van der Waals surface area contributed by atoms with Gasteiger partial charge in [-0.15, -0.1) is 0 Å². The molecule has 3 rings (SSSR count). The van der Waals surface area contributed by atoms with Crippen LogP contribution >= 0.6 is 0 Å². The van der Waals surface area contributed by atoms with Gasteiger partial charge in [0.2, 0.25) is 0 Å². The van der Waals surface area contributed by atoms with Gasteiger partial charge in [-0.05, 0) is 50.6 Å². The Morgan fingerprint density at radius 3 is 2.00 bits per heavy atom. The van der Waals surface area contributed by atoms with Crippen molar-refractivity contribution in [3.63, 3.8) is 0 Å². The molecule has 0 saturated heterocycles. The predicted molar refractivity (Wildman–Crippen MR) is 112 cm³/mol. The van der Waals surface area contributed by atoms with Crippen LogP contribution in [-0.2, 0) is 19.1 Å². The van der Waals surface area contributed by atoms with Gasteiger partial charge < -0.3 is 14.4 Å². The molecule has 1 aliphatic heterocycles. The highest BCUT2D eigenvalue weighted by atomic mass is 19.1. The number of aryl methyl sites for hydroxylation is 1. The number of hydrogen-bond acceptors (Lipinski definition) is 5. The number of carbonyl (C=O) groups is 2. The number of carbonyl (C=O) groups excluding carboxylic acids is 2. The van der Waals surface area contributed by atoms with Gasteiger partial charge in [-0.2, -0.15) is 0 Å². The molecular weight excluding hydrogens is 385 g/mol. The van der Waals surface area contributed by atoms with E-state index >= 15 is 0 Å². The van der Waals surface area contributed by atoms with E-state index in [9.17, 15) is 14.0 Å². The highest BCUT2D eigenvalue weighted by molar-refractivity contribution is 6.00. The standard InChI is InChI=1S/C24H24FNO4/c1-4-29-23(27)20-14-26(19-11-9-16(3)10-12-19)15-21(24(28)30-5-2)22(20)17-7-6-8-18(25)13-17/h6-15,22H,4-5H2,1-3H3. The lowest BCUT2D eigenvalue weighted by Gasteiger charge is -2.30. The number of esters is 2. The van der Waals surface area contributed by atoms with E-state index in [-0.39, 0.29) is 24.4 Å². The summed E-state index contributed by atoms with van der Waals surface area (Å²) in [4.78, 5) is 27.4. The first-order valence-corrected chi connectivity index (χ1v) is 9.82. The molecule has 1 heterocycles. The van der Waals surface area contributed by atoms with E-state index in [1.807, 2.05) is 31.2 Å². The van der Waals surface area contributed by atoms with Gasteiger partial charge in [0.1, 0.15) is 5.82 Å². The lowest BCUT2D eigenvalue weighted by molar-refractivity contribution is -0.139. The van der Waals surface area contributed by atoms with E-state index in [2.05, 4.69) is 0 Å². The number of halogens is 1. The number of anilines is 1. The number of nitrogens with zero attached hydrogens (tertiary/aromatic N) is 1. The molecule has 0 N–H and O–H groups in total. The zero-order valence-electron chi connectivity index (χ0n) is 17.2. The number of hydrogen-bond donors (Lipinski definition) is 0. The van der Waals surface area contributed by atoms with Gasteiger partial charge in [-0.25, -0.2) is 14.0 Å². The van der Waals surface area contributed by atoms with E-state index in [0.29, 0.717) is 5.56 Å². The molecule has 2 aromatic carbocycles. The van der Waals surface area contributed by atoms with Crippen molar-refractivity contribution in [3.8, 4) is 0 Å². The summed E-state index contributed by atoms with van der Waals surface area (Å²) in [7, 11) is 0. The zero-order valence-corrected chi connectivity index (χ0v) is 17.2. The lowest BCUT2D eigenvalue weighted by Crippen LogP contribution is -2.29. The predicted octanol–water partition coefficient (Wildman–Crippen LogP) is 4.63. The molecule has 0 fully saturated rings. The molecule has 0 amide bonds. The van der Waals surface area contributed by atoms with Crippen LogP contribution in [0.3, 0.4) is 0 Å². The van der Waals surface area contributed by atoms with Crippen molar-refractivity contribution in [1.29, 1.82) is 0 Å². The van der Waals surface area contributed by atoms with Crippen LogP contribution in [0.4, 0.5) is 10.1 Å². The summed E-state index contributed by atoms with van der Waals surface area (Å²) >= 11 is 0. The molecule has 0 bridgehead atoms. The lowest BCUT2D eigenvalue weighted by atomic mass is 9.83. The Hall–Kier alpha value is -3.41. The molecule has 0 spiro atoms. The maximum absolute atomic E-state index is 14.0. The molecule has 5 nitrogen and oxygen atoms in total. The van der Waals surface area contributed by atoms with Gasteiger partial charge in [-0.1, -0.05) is 29.8 Å². The van der Waals surface area contributed by atoms with E-state index in [4.69, 9.17) is 9.47 Å². The zero-order chi connectivity index (χ0) is 21.7. The fourth-order valence-corrected chi connectivity index (χ4v) is 3.33. The molecule has 0 aromatic heterocycles. The van der Waals surface area contributed by atoms with Crippen molar-refractivity contribution in [3.05, 3.63) is 89.0 Å². The molecule has 30 heavy (non-hydrogen) atoms. The second-order valence-electron chi connectivity index (χ2n) is 6.84. The Bertz CT molecular complexity index is 959. The van der Waals surface area contributed by atoms with E-state index in [0.717, 1.165) is 11.3 Å². The van der Waals surface area contributed by atoms with Crippen molar-refractivity contribution in [1.82, 2.24) is 0 Å². The molecule has 156 valence electrons. The van der Waals surface area contributed by atoms with E-state index in [1.165, 1.54) is 12.1 Å². The number of benzene rings is 2. The summed E-state index contributed by atoms with van der Waals surface area (Å²) in [6, 6.07) is 13.5. The summed E-state index contributed by atoms with van der Waals surface area (Å²) in [6.07, 6.45) is 3.25. The fourth-order valence-electron chi connectivity index (χ4n) is 3.33. The minimum absolute atomic E-state index is 0.176. The Kier molecular flexibility index (Phi) is 6.67. The normalized spacial score (nSPS) is 14.1. The molecule has 0 aliphatic carbocycles. The topological polar surface area (TPSA) is 55.8 Å². The van der Waals surface area contributed by atoms with Crippen molar-refractivity contribution >= 4 is 17.6 Å². The highest BCUT2D eigenvalue weighted by Gasteiger charge is 2.36. The monoisotopic (exact) mass is 409 g/mol. The average molecular weight is 409 g/mol. The first kappa shape index (κ1) is 21.3. The average Bonchev–Trinajstić information content (AvgIpc) is 2.73. The van der Waals surface area contributed by atoms with Crippen molar-refractivity contribution in [2.75, 3.05) is 18.1 Å². The van der Waals surface area contributed by atoms with Crippen LogP contribution < -0.4 is 4.90 Å². The van der Waals surface area contributed by atoms with Crippen LogP contribution in [-0.4, -0.2) is 25.2 Å². The first-order valence-electron chi connectivity index (χ1n) is 9.82. The summed E-state index contributed by atoms with van der Waals surface area (Å²) < 4.78 is 24.5. The van der Waals surface area contributed by atoms with Crippen LogP contribution in [0.2, 0.25) is 0 Å². The molecule has 1 aliphatic rings. The minimum atomic E-state index is -0.805. The van der Waals surface area contributed by atoms with Crippen LogP contribution in [0.15, 0.2) is 72.1 Å². The van der Waals surface area contributed by atoms with E-state index < -0.39 is 23.7 Å². The van der Waals surface area contributed by atoms with Gasteiger partial charge in [0.05, 0.1) is 30.3 Å². The second-order valence-corrected chi connectivity index (χ2v) is 6.84. The van der Waals surface area contributed by atoms with Crippen LogP contribution in [0.1, 0.15) is 30.9 Å². The van der Waals surface area contributed by atoms with Crippen molar-refractivity contribution < 1.29 is 23.5 Å². The SMILES string of the molecule is CCOC(=O)C1=CN(c2ccc(C)cc2)C=C(C(=O)OCC)C1c1cccc(F)c1. The van der Waals surface area contributed by atoms with Gasteiger partial charge in [-0.3, -0.25) is 0 Å². The third kappa shape index (κ3) is 4.59. The molecule has 2 aromatic rings. The summed E-state index contributed by atoms with van der Waals surface area (Å²) in [5.74, 6) is -2.40. The molecule has 0 unspecified atom stereocenters. The van der Waals surface area contributed by atoms with Crippen LogP contribution in [0.5, 0.6) is 0 Å². The Balaban J connectivity index is 2.17. The van der Waals surface area contributed by atoms with E-state index in [1.54, 1.807) is 43.3 Å². The minimum Gasteiger partial charge on any atom is -0.463 e. The van der Waals surface area contributed by atoms with Gasteiger partial charge in [0, 0.05) is 18.1 Å². The molecule has 0 saturated carbocycles. The van der Waals surface area contributed by atoms with Crippen LogP contribution in [0.25, 0.3) is 0 Å². The number of ether oxygens (including phenoxy) is 2. The smallest absolute Gasteiger partial charge is 0.336 e. The maximum atomic E-state index is 14.0. The van der Waals surface area contributed by atoms with Gasteiger partial charge >= 0.3 is 11.9 Å².